The average molecular weight is 227 g/mol. The molecule has 0 heterocycles. The molecule has 0 fully saturated rings. The minimum absolute atomic E-state index is 0.130. The lowest BCUT2D eigenvalue weighted by Gasteiger charge is -2.10. The predicted molar refractivity (Wildman–Crippen MR) is 64.7 cm³/mol. The first-order valence-corrected chi connectivity index (χ1v) is 6.24. The van der Waals surface area contributed by atoms with Crippen molar-refractivity contribution in [2.75, 3.05) is 12.3 Å². The molecule has 84 valence electrons. The molecule has 0 radical (unpaired) electrons. The topological polar surface area (TPSA) is 26.0 Å². The minimum Gasteiger partial charge on any atom is -0.330 e. The molecule has 0 atom stereocenters. The van der Waals surface area contributed by atoms with Gasteiger partial charge >= 0.3 is 0 Å². The zero-order valence-corrected chi connectivity index (χ0v) is 10.1. The first-order chi connectivity index (χ1) is 7.15. The third-order valence-electron chi connectivity index (χ3n) is 2.04. The van der Waals surface area contributed by atoms with Crippen LogP contribution in [0.1, 0.15) is 19.4 Å². The number of benzene rings is 1. The van der Waals surface area contributed by atoms with Gasteiger partial charge in [0.25, 0.3) is 0 Å². The molecule has 0 saturated carbocycles. The molecule has 0 aliphatic heterocycles. The van der Waals surface area contributed by atoms with E-state index in [1.807, 2.05) is 6.07 Å². The maximum atomic E-state index is 13.5. The first kappa shape index (κ1) is 12.5. The molecule has 0 bridgehead atoms. The summed E-state index contributed by atoms with van der Waals surface area (Å²) in [6.45, 7) is 4.82. The van der Waals surface area contributed by atoms with Crippen molar-refractivity contribution in [3.8, 4) is 0 Å². The summed E-state index contributed by atoms with van der Waals surface area (Å²) >= 11 is 1.71. The number of rotatable bonds is 5. The van der Waals surface area contributed by atoms with Crippen LogP contribution >= 0.6 is 11.8 Å². The van der Waals surface area contributed by atoms with Gasteiger partial charge < -0.3 is 5.73 Å². The number of nitrogens with two attached hydrogens (primary N) is 1. The Morgan fingerprint density at radius 1 is 1.40 bits per heavy atom. The van der Waals surface area contributed by atoms with Crippen molar-refractivity contribution in [3.63, 3.8) is 0 Å². The van der Waals surface area contributed by atoms with E-state index in [0.717, 1.165) is 16.2 Å². The molecule has 3 heteroatoms. The fourth-order valence-corrected chi connectivity index (χ4v) is 2.38. The summed E-state index contributed by atoms with van der Waals surface area (Å²) in [6, 6.07) is 5.24. The Labute approximate surface area is 95.2 Å². The van der Waals surface area contributed by atoms with Crippen molar-refractivity contribution in [2.24, 2.45) is 11.7 Å². The third-order valence-corrected chi connectivity index (χ3v) is 3.57. The van der Waals surface area contributed by atoms with Gasteiger partial charge in [0.05, 0.1) is 0 Å². The predicted octanol–water partition coefficient (Wildman–Crippen LogP) is 3.08. The van der Waals surface area contributed by atoms with Gasteiger partial charge in [-0.15, -0.1) is 11.8 Å². The number of hydrogen-bond acceptors (Lipinski definition) is 2. The molecular weight excluding hydrogens is 209 g/mol. The summed E-state index contributed by atoms with van der Waals surface area (Å²) in [5.74, 6) is 1.50. The summed E-state index contributed by atoms with van der Waals surface area (Å²) in [4.78, 5) is 1.04. The van der Waals surface area contributed by atoms with Gasteiger partial charge in [0.15, 0.2) is 0 Å². The van der Waals surface area contributed by atoms with Crippen molar-refractivity contribution in [1.82, 2.24) is 0 Å². The zero-order chi connectivity index (χ0) is 11.3. The highest BCUT2D eigenvalue weighted by Crippen LogP contribution is 2.26. The van der Waals surface area contributed by atoms with E-state index in [0.29, 0.717) is 18.9 Å². The quantitative estimate of drug-likeness (QED) is 0.782. The van der Waals surface area contributed by atoms with Crippen LogP contribution in [0.3, 0.4) is 0 Å². The molecule has 0 unspecified atom stereocenters. The number of hydrogen-bond donors (Lipinski definition) is 1. The molecule has 0 amide bonds. The standard InChI is InChI=1S/C12H18FNS/c1-9(2)8-15-12-5-3-4-11(13)10(12)6-7-14/h3-5,9H,6-8,14H2,1-2H3. The van der Waals surface area contributed by atoms with E-state index in [1.165, 1.54) is 6.07 Å². The van der Waals surface area contributed by atoms with Crippen LogP contribution < -0.4 is 5.73 Å². The van der Waals surface area contributed by atoms with Gasteiger partial charge in [-0.3, -0.25) is 0 Å². The van der Waals surface area contributed by atoms with Crippen LogP contribution in [0.2, 0.25) is 0 Å². The van der Waals surface area contributed by atoms with Crippen molar-refractivity contribution in [3.05, 3.63) is 29.6 Å². The van der Waals surface area contributed by atoms with E-state index < -0.39 is 0 Å². The fraction of sp³-hybridized carbons (Fsp3) is 0.500. The van der Waals surface area contributed by atoms with E-state index >= 15 is 0 Å². The summed E-state index contributed by atoms with van der Waals surface area (Å²) in [5.41, 5.74) is 6.25. The average Bonchev–Trinajstić information content (AvgIpc) is 2.19. The normalized spacial score (nSPS) is 11.0. The van der Waals surface area contributed by atoms with Gasteiger partial charge in [-0.1, -0.05) is 19.9 Å². The van der Waals surface area contributed by atoms with Crippen LogP contribution in [0.5, 0.6) is 0 Å². The number of thioether (sulfide) groups is 1. The maximum Gasteiger partial charge on any atom is 0.127 e. The lowest BCUT2D eigenvalue weighted by Crippen LogP contribution is -2.06. The van der Waals surface area contributed by atoms with Gasteiger partial charge in [0, 0.05) is 16.2 Å². The highest BCUT2D eigenvalue weighted by Gasteiger charge is 2.08. The molecule has 0 aromatic heterocycles. The monoisotopic (exact) mass is 227 g/mol. The van der Waals surface area contributed by atoms with E-state index in [4.69, 9.17) is 5.73 Å². The Morgan fingerprint density at radius 2 is 2.13 bits per heavy atom. The largest absolute Gasteiger partial charge is 0.330 e. The molecule has 0 aliphatic carbocycles. The summed E-state index contributed by atoms with van der Waals surface area (Å²) in [7, 11) is 0. The van der Waals surface area contributed by atoms with E-state index in [-0.39, 0.29) is 5.82 Å². The molecule has 1 rings (SSSR count). The Balaban J connectivity index is 2.80. The lowest BCUT2D eigenvalue weighted by molar-refractivity contribution is 0.603. The smallest absolute Gasteiger partial charge is 0.127 e. The summed E-state index contributed by atoms with van der Waals surface area (Å²) in [6.07, 6.45) is 0.618. The Hall–Kier alpha value is -0.540. The van der Waals surface area contributed by atoms with Crippen LogP contribution in [0, 0.1) is 11.7 Å². The van der Waals surface area contributed by atoms with Crippen molar-refractivity contribution >= 4 is 11.8 Å². The van der Waals surface area contributed by atoms with Crippen LogP contribution in [-0.2, 0) is 6.42 Å². The summed E-state index contributed by atoms with van der Waals surface area (Å²) < 4.78 is 13.5. The van der Waals surface area contributed by atoms with E-state index in [9.17, 15) is 4.39 Å². The molecule has 1 aromatic carbocycles. The molecule has 1 aromatic rings. The van der Waals surface area contributed by atoms with Gasteiger partial charge in [0.1, 0.15) is 5.82 Å². The van der Waals surface area contributed by atoms with Gasteiger partial charge in [-0.05, 0) is 31.0 Å². The van der Waals surface area contributed by atoms with Crippen molar-refractivity contribution in [2.45, 2.75) is 25.2 Å². The fourth-order valence-electron chi connectivity index (χ4n) is 1.32. The lowest BCUT2D eigenvalue weighted by atomic mass is 10.1. The SMILES string of the molecule is CC(C)CSc1cccc(F)c1CCN. The molecule has 0 saturated heterocycles. The van der Waals surface area contributed by atoms with Crippen molar-refractivity contribution in [1.29, 1.82) is 0 Å². The second kappa shape index (κ2) is 6.13. The van der Waals surface area contributed by atoms with Crippen LogP contribution in [0.15, 0.2) is 23.1 Å². The molecular formula is C12H18FNS. The van der Waals surface area contributed by atoms with E-state index in [2.05, 4.69) is 13.8 Å². The van der Waals surface area contributed by atoms with Gasteiger partial charge in [0.2, 0.25) is 0 Å². The highest BCUT2D eigenvalue weighted by atomic mass is 32.2. The Morgan fingerprint density at radius 3 is 2.73 bits per heavy atom. The Kier molecular flexibility index (Phi) is 5.12. The second-order valence-electron chi connectivity index (χ2n) is 3.96. The molecule has 2 N–H and O–H groups in total. The van der Waals surface area contributed by atoms with Gasteiger partial charge in [-0.25, -0.2) is 4.39 Å². The second-order valence-corrected chi connectivity index (χ2v) is 5.02. The molecule has 15 heavy (non-hydrogen) atoms. The maximum absolute atomic E-state index is 13.5. The Bertz CT molecular complexity index is 312. The minimum atomic E-state index is -0.130. The van der Waals surface area contributed by atoms with Crippen molar-refractivity contribution < 1.29 is 4.39 Å². The van der Waals surface area contributed by atoms with Gasteiger partial charge in [-0.2, -0.15) is 0 Å². The highest BCUT2D eigenvalue weighted by molar-refractivity contribution is 7.99. The molecule has 0 aliphatic rings. The third kappa shape index (κ3) is 3.84. The zero-order valence-electron chi connectivity index (χ0n) is 9.29. The van der Waals surface area contributed by atoms with Crippen LogP contribution in [0.25, 0.3) is 0 Å². The molecule has 0 spiro atoms. The van der Waals surface area contributed by atoms with Crippen LogP contribution in [0.4, 0.5) is 4.39 Å². The summed E-state index contributed by atoms with van der Waals surface area (Å²) in [5, 5.41) is 0. The first-order valence-electron chi connectivity index (χ1n) is 5.25. The molecule has 1 nitrogen and oxygen atoms in total. The van der Waals surface area contributed by atoms with E-state index in [1.54, 1.807) is 17.8 Å². The number of halogens is 1. The van der Waals surface area contributed by atoms with Crippen LogP contribution in [-0.4, -0.2) is 12.3 Å².